The predicted octanol–water partition coefficient (Wildman–Crippen LogP) is 3.03. The summed E-state index contributed by atoms with van der Waals surface area (Å²) >= 11 is 10.6. The van der Waals surface area contributed by atoms with Gasteiger partial charge in [0.05, 0.1) is 5.69 Å². The molecule has 2 aromatic rings. The molecule has 0 saturated heterocycles. The molecule has 0 radical (unpaired) electrons. The smallest absolute Gasteiger partial charge is 0.251 e. The monoisotopic (exact) mass is 352 g/mol. The number of nitrogens with zero attached hydrogens (tertiary/aromatic N) is 3. The minimum atomic E-state index is -0.140. The third kappa shape index (κ3) is 4.20. The first kappa shape index (κ1) is 17.7. The highest BCUT2D eigenvalue weighted by atomic mass is 35.5. The van der Waals surface area contributed by atoms with E-state index in [4.69, 9.17) is 11.6 Å². The fraction of sp³-hybridized carbons (Fsp3) is 0.375. The van der Waals surface area contributed by atoms with Crippen LogP contribution < -0.4 is 9.62 Å². The molecule has 0 bridgehead atoms. The topological polar surface area (TPSA) is 50.2 Å². The summed E-state index contributed by atoms with van der Waals surface area (Å²) in [5.41, 5.74) is 2.28. The summed E-state index contributed by atoms with van der Waals surface area (Å²) in [6.45, 7) is 5.12. The van der Waals surface area contributed by atoms with Gasteiger partial charge in [-0.25, -0.2) is 4.98 Å². The Kier molecular flexibility index (Phi) is 5.96. The van der Waals surface area contributed by atoms with Crippen molar-refractivity contribution in [2.45, 2.75) is 20.3 Å². The van der Waals surface area contributed by atoms with E-state index >= 15 is 0 Å². The average Bonchev–Trinajstić information content (AvgIpc) is 2.93. The van der Waals surface area contributed by atoms with E-state index in [1.165, 1.54) is 0 Å². The number of hydrogen-bond acceptors (Lipinski definition) is 4. The highest BCUT2D eigenvalue weighted by Crippen LogP contribution is 2.29. The Hall–Kier alpha value is -1.66. The molecule has 0 fully saturated rings. The molecule has 1 N–H and O–H groups in total. The number of rotatable bonds is 6. The first-order valence-corrected chi connectivity index (χ1v) is 8.22. The molecule has 1 aromatic carbocycles. The molecule has 0 atom stereocenters. The van der Waals surface area contributed by atoms with Crippen molar-refractivity contribution in [1.29, 1.82) is 0 Å². The lowest BCUT2D eigenvalue weighted by molar-refractivity contribution is 0.0953. The van der Waals surface area contributed by atoms with Gasteiger partial charge in [0.2, 0.25) is 0 Å². The first-order chi connectivity index (χ1) is 10.9. The van der Waals surface area contributed by atoms with Crippen LogP contribution in [-0.4, -0.2) is 28.5 Å². The fourth-order valence-corrected chi connectivity index (χ4v) is 2.78. The Morgan fingerprint density at radius 3 is 2.83 bits per heavy atom. The lowest BCUT2D eigenvalue weighted by atomic mass is 10.1. The molecular weight excluding hydrogens is 332 g/mol. The molecule has 0 aliphatic carbocycles. The zero-order valence-electron chi connectivity index (χ0n) is 13.5. The standard InChI is InChI=1S/C16H21ClN4OS/c1-4-21(23)14-10-12(17)9-13(11(14)2)16(22)19-6-5-15-18-7-8-20(15)3/h7-10,23H,4-6H2,1-3H3,(H,19,22). The summed E-state index contributed by atoms with van der Waals surface area (Å²) in [5.74, 6) is 0.791. The maximum atomic E-state index is 12.5. The fourth-order valence-electron chi connectivity index (χ4n) is 2.36. The maximum absolute atomic E-state index is 12.5. The number of aryl methyl sites for hydroxylation is 1. The number of benzene rings is 1. The van der Waals surface area contributed by atoms with E-state index in [0.29, 0.717) is 30.1 Å². The largest absolute Gasteiger partial charge is 0.352 e. The molecule has 1 heterocycles. The SMILES string of the molecule is CCN(S)c1cc(Cl)cc(C(=O)NCCc2nccn2C)c1C. The van der Waals surface area contributed by atoms with Gasteiger partial charge in [0, 0.05) is 49.5 Å². The van der Waals surface area contributed by atoms with Crippen LogP contribution in [0.4, 0.5) is 5.69 Å². The van der Waals surface area contributed by atoms with Crippen LogP contribution in [0.3, 0.4) is 0 Å². The first-order valence-electron chi connectivity index (χ1n) is 7.45. The Balaban J connectivity index is 2.10. The van der Waals surface area contributed by atoms with Gasteiger partial charge in [-0.3, -0.25) is 4.79 Å². The molecule has 5 nitrogen and oxygen atoms in total. The normalized spacial score (nSPS) is 10.7. The van der Waals surface area contributed by atoms with Crippen molar-refractivity contribution in [3.8, 4) is 0 Å². The number of aromatic nitrogens is 2. The molecule has 1 aromatic heterocycles. The van der Waals surface area contributed by atoms with Crippen LogP contribution >= 0.6 is 24.4 Å². The van der Waals surface area contributed by atoms with Gasteiger partial charge in [-0.05, 0) is 31.5 Å². The van der Waals surface area contributed by atoms with Gasteiger partial charge in [-0.1, -0.05) is 24.4 Å². The highest BCUT2D eigenvalue weighted by Gasteiger charge is 2.15. The van der Waals surface area contributed by atoms with Crippen LogP contribution in [0, 0.1) is 6.92 Å². The maximum Gasteiger partial charge on any atom is 0.251 e. The number of carbonyl (C=O) groups excluding carboxylic acids is 1. The summed E-state index contributed by atoms with van der Waals surface area (Å²) in [5, 5.41) is 3.44. The van der Waals surface area contributed by atoms with Crippen LogP contribution in [0.25, 0.3) is 0 Å². The second kappa shape index (κ2) is 7.75. The van der Waals surface area contributed by atoms with E-state index in [0.717, 1.165) is 17.1 Å². The van der Waals surface area contributed by atoms with Gasteiger partial charge in [-0.15, -0.1) is 0 Å². The highest BCUT2D eigenvalue weighted by molar-refractivity contribution is 7.81. The summed E-state index contributed by atoms with van der Waals surface area (Å²) in [7, 11) is 1.93. The molecule has 0 unspecified atom stereocenters. The molecular formula is C16H21ClN4OS. The molecule has 1 amide bonds. The number of imidazole rings is 1. The molecule has 7 heteroatoms. The molecule has 0 spiro atoms. The van der Waals surface area contributed by atoms with Crippen molar-refractivity contribution in [3.63, 3.8) is 0 Å². The molecule has 0 saturated carbocycles. The van der Waals surface area contributed by atoms with E-state index < -0.39 is 0 Å². The Labute approximate surface area is 147 Å². The van der Waals surface area contributed by atoms with Gasteiger partial charge in [0.1, 0.15) is 5.82 Å². The van der Waals surface area contributed by atoms with Gasteiger partial charge < -0.3 is 14.2 Å². The summed E-state index contributed by atoms with van der Waals surface area (Å²) in [6.07, 6.45) is 4.31. The van der Waals surface area contributed by atoms with Gasteiger partial charge in [-0.2, -0.15) is 0 Å². The second-order valence-electron chi connectivity index (χ2n) is 5.27. The lowest BCUT2D eigenvalue weighted by Gasteiger charge is -2.20. The van der Waals surface area contributed by atoms with E-state index in [2.05, 4.69) is 23.1 Å². The number of nitrogens with one attached hydrogen (secondary N) is 1. The van der Waals surface area contributed by atoms with Crippen LogP contribution in [-0.2, 0) is 13.5 Å². The lowest BCUT2D eigenvalue weighted by Crippen LogP contribution is -2.27. The van der Waals surface area contributed by atoms with Gasteiger partial charge >= 0.3 is 0 Å². The molecule has 2 rings (SSSR count). The number of thiol groups is 1. The van der Waals surface area contributed by atoms with Gasteiger partial charge in [0.15, 0.2) is 0 Å². The average molecular weight is 353 g/mol. The number of halogens is 1. The van der Waals surface area contributed by atoms with Crippen LogP contribution in [0.2, 0.25) is 5.02 Å². The summed E-state index contributed by atoms with van der Waals surface area (Å²) in [4.78, 5) is 16.7. The Morgan fingerprint density at radius 1 is 1.48 bits per heavy atom. The number of carbonyl (C=O) groups is 1. The van der Waals surface area contributed by atoms with Crippen molar-refractivity contribution in [1.82, 2.24) is 14.9 Å². The van der Waals surface area contributed by atoms with Gasteiger partial charge in [0.25, 0.3) is 5.91 Å². The van der Waals surface area contributed by atoms with Crippen LogP contribution in [0.15, 0.2) is 24.5 Å². The summed E-state index contributed by atoms with van der Waals surface area (Å²) < 4.78 is 3.71. The van der Waals surface area contributed by atoms with E-state index in [9.17, 15) is 4.79 Å². The predicted molar refractivity (Wildman–Crippen MR) is 97.4 cm³/mol. The third-order valence-corrected chi connectivity index (χ3v) is 4.44. The summed E-state index contributed by atoms with van der Waals surface area (Å²) in [6, 6.07) is 3.51. The van der Waals surface area contributed by atoms with Crippen LogP contribution in [0.5, 0.6) is 0 Å². The van der Waals surface area contributed by atoms with E-state index in [1.54, 1.807) is 16.6 Å². The molecule has 0 aliphatic heterocycles. The van der Waals surface area contributed by atoms with Crippen molar-refractivity contribution >= 4 is 36.0 Å². The van der Waals surface area contributed by atoms with E-state index in [1.807, 2.05) is 37.7 Å². The van der Waals surface area contributed by atoms with Crippen LogP contribution in [0.1, 0.15) is 28.7 Å². The minimum absolute atomic E-state index is 0.140. The van der Waals surface area contributed by atoms with Crippen molar-refractivity contribution in [2.24, 2.45) is 7.05 Å². The molecule has 124 valence electrons. The zero-order chi connectivity index (χ0) is 17.0. The number of anilines is 1. The zero-order valence-corrected chi connectivity index (χ0v) is 15.2. The Morgan fingerprint density at radius 2 is 2.22 bits per heavy atom. The number of hydrogen-bond donors (Lipinski definition) is 2. The molecule has 23 heavy (non-hydrogen) atoms. The third-order valence-electron chi connectivity index (χ3n) is 3.72. The number of amides is 1. The quantitative estimate of drug-likeness (QED) is 0.786. The molecule has 0 aliphatic rings. The Bertz CT molecular complexity index is 701. The minimum Gasteiger partial charge on any atom is -0.352 e. The second-order valence-corrected chi connectivity index (χ2v) is 6.19. The van der Waals surface area contributed by atoms with E-state index in [-0.39, 0.29) is 5.91 Å². The van der Waals surface area contributed by atoms with Crippen molar-refractivity contribution in [3.05, 3.63) is 46.5 Å². The van der Waals surface area contributed by atoms with Crippen molar-refractivity contribution < 1.29 is 4.79 Å². The van der Waals surface area contributed by atoms with Crippen molar-refractivity contribution in [2.75, 3.05) is 17.4 Å².